The second-order valence-corrected chi connectivity index (χ2v) is 4.17. The van der Waals surface area contributed by atoms with Gasteiger partial charge in [-0.2, -0.15) is 0 Å². The van der Waals surface area contributed by atoms with Gasteiger partial charge in [0.05, 0.1) is 15.7 Å². The van der Waals surface area contributed by atoms with Crippen LogP contribution in [-0.4, -0.2) is 4.57 Å². The minimum atomic E-state index is 0.602. The van der Waals surface area contributed by atoms with Crippen LogP contribution >= 0.6 is 23.2 Å². The number of halogens is 2. The molecule has 0 aliphatic heterocycles. The Morgan fingerprint density at radius 3 is 2.38 bits per heavy atom. The Balaban J connectivity index is 2.65. The van der Waals surface area contributed by atoms with Crippen LogP contribution in [-0.2, 0) is 7.05 Å². The number of benzene rings is 1. The summed E-state index contributed by atoms with van der Waals surface area (Å²) in [4.78, 5) is 4.44. The fourth-order valence-electron chi connectivity index (χ4n) is 1.36. The summed E-state index contributed by atoms with van der Waals surface area (Å²) in [7, 11) is 1.89. The molecule has 0 atom stereocenters. The van der Waals surface area contributed by atoms with Gasteiger partial charge in [0.15, 0.2) is 5.49 Å². The van der Waals surface area contributed by atoms with E-state index >= 15 is 0 Å². The van der Waals surface area contributed by atoms with Crippen LogP contribution < -0.4 is 5.49 Å². The summed E-state index contributed by atoms with van der Waals surface area (Å²) in [6.07, 6.45) is 1.89. The van der Waals surface area contributed by atoms with E-state index in [-0.39, 0.29) is 0 Å². The van der Waals surface area contributed by atoms with Gasteiger partial charge in [0.1, 0.15) is 0 Å². The topological polar surface area (TPSA) is 17.3 Å². The molecule has 0 radical (unpaired) electrons. The van der Waals surface area contributed by atoms with Crippen molar-refractivity contribution >= 4 is 28.9 Å². The molecule has 0 fully saturated rings. The van der Waals surface area contributed by atoms with Crippen LogP contribution in [0.1, 0.15) is 0 Å². The molecule has 2 aromatic rings. The molecule has 1 aromatic heterocycles. The second-order valence-electron chi connectivity index (χ2n) is 3.35. The van der Waals surface area contributed by atoms with Crippen LogP contribution in [0.5, 0.6) is 0 Å². The number of hydrogen-bond donors (Lipinski definition) is 0. The molecular formula is C12H10Cl2N2. The van der Waals surface area contributed by atoms with Crippen molar-refractivity contribution in [3.05, 3.63) is 58.1 Å². The van der Waals surface area contributed by atoms with E-state index in [2.05, 4.69) is 4.99 Å². The summed E-state index contributed by atoms with van der Waals surface area (Å²) in [5.41, 5.74) is 1.41. The van der Waals surface area contributed by atoms with Gasteiger partial charge in [-0.3, -0.25) is 0 Å². The lowest BCUT2D eigenvalue weighted by Crippen LogP contribution is -2.17. The third-order valence-corrected chi connectivity index (χ3v) is 2.79. The number of pyridine rings is 1. The van der Waals surface area contributed by atoms with Crippen LogP contribution in [0.4, 0.5) is 5.69 Å². The molecule has 0 amide bonds. The molecule has 0 bridgehead atoms. The normalized spacial score (nSPS) is 11.8. The summed E-state index contributed by atoms with van der Waals surface area (Å²) in [5.74, 6) is 0. The molecule has 0 saturated heterocycles. The van der Waals surface area contributed by atoms with E-state index in [4.69, 9.17) is 23.2 Å². The SMILES string of the molecule is Cn1cccc(Cl)c1=Nc1ccccc1Cl. The van der Waals surface area contributed by atoms with E-state index in [0.717, 1.165) is 0 Å². The van der Waals surface area contributed by atoms with Crippen molar-refractivity contribution in [2.45, 2.75) is 0 Å². The molecule has 4 heteroatoms. The molecule has 2 nitrogen and oxygen atoms in total. The van der Waals surface area contributed by atoms with Gasteiger partial charge >= 0.3 is 0 Å². The Morgan fingerprint density at radius 1 is 1.00 bits per heavy atom. The summed E-state index contributed by atoms with van der Waals surface area (Å²) in [5, 5.41) is 1.22. The number of para-hydroxylation sites is 1. The summed E-state index contributed by atoms with van der Waals surface area (Å²) >= 11 is 12.1. The number of hydrogen-bond acceptors (Lipinski definition) is 1. The highest BCUT2D eigenvalue weighted by molar-refractivity contribution is 6.33. The van der Waals surface area contributed by atoms with Gasteiger partial charge < -0.3 is 4.57 Å². The zero-order valence-corrected chi connectivity index (χ0v) is 10.2. The second kappa shape index (κ2) is 4.73. The van der Waals surface area contributed by atoms with Crippen LogP contribution in [0, 0.1) is 0 Å². The lowest BCUT2D eigenvalue weighted by atomic mass is 10.3. The lowest BCUT2D eigenvalue weighted by Gasteiger charge is -2.02. The number of aromatic nitrogens is 1. The first-order valence-electron chi connectivity index (χ1n) is 4.79. The first-order valence-corrected chi connectivity index (χ1v) is 5.54. The maximum absolute atomic E-state index is 6.07. The van der Waals surface area contributed by atoms with Crippen LogP contribution in [0.15, 0.2) is 47.6 Å². The molecular weight excluding hydrogens is 243 g/mol. The van der Waals surface area contributed by atoms with Crippen LogP contribution in [0.25, 0.3) is 0 Å². The van der Waals surface area contributed by atoms with E-state index < -0.39 is 0 Å². The van der Waals surface area contributed by atoms with Crippen LogP contribution in [0.2, 0.25) is 10.0 Å². The Hall–Kier alpha value is -1.25. The first-order chi connectivity index (χ1) is 7.68. The fourth-order valence-corrected chi connectivity index (χ4v) is 1.79. The van der Waals surface area contributed by atoms with Gasteiger partial charge in [-0.15, -0.1) is 0 Å². The van der Waals surface area contributed by atoms with Crippen molar-refractivity contribution in [2.75, 3.05) is 0 Å². The molecule has 0 aliphatic rings. The Morgan fingerprint density at radius 2 is 1.69 bits per heavy atom. The highest BCUT2D eigenvalue weighted by atomic mass is 35.5. The number of rotatable bonds is 1. The number of nitrogens with zero attached hydrogens (tertiary/aromatic N) is 2. The van der Waals surface area contributed by atoms with Crippen molar-refractivity contribution in [2.24, 2.45) is 12.0 Å². The lowest BCUT2D eigenvalue weighted by molar-refractivity contribution is 0.835. The van der Waals surface area contributed by atoms with E-state index in [1.54, 1.807) is 12.1 Å². The van der Waals surface area contributed by atoms with Gasteiger partial charge in [-0.05, 0) is 24.3 Å². The van der Waals surface area contributed by atoms with Crippen molar-refractivity contribution < 1.29 is 0 Å². The average molecular weight is 253 g/mol. The Kier molecular flexibility index (Phi) is 3.32. The highest BCUT2D eigenvalue weighted by Gasteiger charge is 1.99. The quantitative estimate of drug-likeness (QED) is 0.739. The molecule has 0 N–H and O–H groups in total. The largest absolute Gasteiger partial charge is 0.335 e. The smallest absolute Gasteiger partial charge is 0.151 e. The molecule has 82 valence electrons. The van der Waals surface area contributed by atoms with E-state index in [9.17, 15) is 0 Å². The predicted octanol–water partition coefficient (Wildman–Crippen LogP) is 3.56. The monoisotopic (exact) mass is 252 g/mol. The third kappa shape index (κ3) is 2.29. The zero-order valence-electron chi connectivity index (χ0n) is 8.69. The molecule has 0 aliphatic carbocycles. The predicted molar refractivity (Wildman–Crippen MR) is 67.1 cm³/mol. The molecule has 0 saturated carbocycles. The maximum Gasteiger partial charge on any atom is 0.151 e. The van der Waals surface area contributed by atoms with E-state index in [0.29, 0.717) is 21.2 Å². The Bertz CT molecular complexity index is 550. The van der Waals surface area contributed by atoms with E-state index in [1.165, 1.54) is 0 Å². The van der Waals surface area contributed by atoms with Gasteiger partial charge in [0.25, 0.3) is 0 Å². The fraction of sp³-hybridized carbons (Fsp3) is 0.0833. The Labute approximate surface area is 104 Å². The first kappa shape index (κ1) is 11.2. The zero-order chi connectivity index (χ0) is 11.5. The average Bonchev–Trinajstić information content (AvgIpc) is 2.26. The molecule has 2 rings (SSSR count). The van der Waals surface area contributed by atoms with Crippen molar-refractivity contribution in [3.63, 3.8) is 0 Å². The maximum atomic E-state index is 6.07. The van der Waals surface area contributed by atoms with E-state index in [1.807, 2.05) is 42.1 Å². The summed E-state index contributed by atoms with van der Waals surface area (Å²) in [6.45, 7) is 0. The standard InChI is InChI=1S/C12H10Cl2N2/c1-16-8-4-6-10(14)12(16)15-11-7-3-2-5-9(11)13/h2-8H,1H3. The molecule has 0 unspecified atom stereocenters. The molecule has 1 aromatic carbocycles. The third-order valence-electron chi connectivity index (χ3n) is 2.18. The summed E-state index contributed by atoms with van der Waals surface area (Å²) < 4.78 is 1.85. The van der Waals surface area contributed by atoms with Crippen molar-refractivity contribution in [1.82, 2.24) is 4.57 Å². The van der Waals surface area contributed by atoms with Gasteiger partial charge in [0, 0.05) is 13.2 Å². The van der Waals surface area contributed by atoms with Crippen molar-refractivity contribution in [1.29, 1.82) is 0 Å². The van der Waals surface area contributed by atoms with Gasteiger partial charge in [-0.1, -0.05) is 35.3 Å². The molecule has 1 heterocycles. The minimum absolute atomic E-state index is 0.602. The summed E-state index contributed by atoms with van der Waals surface area (Å²) in [6, 6.07) is 11.1. The molecule has 16 heavy (non-hydrogen) atoms. The number of aryl methyl sites for hydroxylation is 1. The van der Waals surface area contributed by atoms with Crippen molar-refractivity contribution in [3.8, 4) is 0 Å². The van der Waals surface area contributed by atoms with Crippen LogP contribution in [0.3, 0.4) is 0 Å². The highest BCUT2D eigenvalue weighted by Crippen LogP contribution is 2.23. The van der Waals surface area contributed by atoms with Gasteiger partial charge in [0.2, 0.25) is 0 Å². The van der Waals surface area contributed by atoms with Gasteiger partial charge in [-0.25, -0.2) is 4.99 Å². The molecule has 0 spiro atoms. The minimum Gasteiger partial charge on any atom is -0.335 e.